The summed E-state index contributed by atoms with van der Waals surface area (Å²) in [5.41, 5.74) is 0. The van der Waals surface area contributed by atoms with Gasteiger partial charge in [0.05, 0.1) is 13.7 Å². The Bertz CT molecular complexity index is 450. The molecular formula is C10H14N4O3S. The average Bonchev–Trinajstić information content (AvgIpc) is 2.92. The molecule has 0 aliphatic carbocycles. The Balaban J connectivity index is 2.13. The second-order valence-electron chi connectivity index (χ2n) is 3.71. The van der Waals surface area contributed by atoms with Gasteiger partial charge in [-0.25, -0.2) is 9.69 Å². The molecule has 1 aliphatic rings. The Kier molecular flexibility index (Phi) is 3.78. The molecule has 2 amide bonds. The van der Waals surface area contributed by atoms with Crippen LogP contribution in [0.1, 0.15) is 6.42 Å². The summed E-state index contributed by atoms with van der Waals surface area (Å²) in [6, 6.07) is -0.275. The van der Waals surface area contributed by atoms with E-state index in [1.54, 1.807) is 11.0 Å². The lowest BCUT2D eigenvalue weighted by Gasteiger charge is -2.15. The van der Waals surface area contributed by atoms with Gasteiger partial charge >= 0.3 is 6.03 Å². The van der Waals surface area contributed by atoms with Gasteiger partial charge in [-0.05, 0) is 17.8 Å². The minimum atomic E-state index is -0.903. The normalized spacial score (nSPS) is 19.4. The highest BCUT2D eigenvalue weighted by atomic mass is 32.1. The van der Waals surface area contributed by atoms with E-state index in [4.69, 9.17) is 4.74 Å². The molecule has 1 aromatic heterocycles. The number of carbonyl (C=O) groups excluding carboxylic acids is 1. The van der Waals surface area contributed by atoms with Crippen LogP contribution in [0.5, 0.6) is 5.19 Å². The van der Waals surface area contributed by atoms with Gasteiger partial charge in [0, 0.05) is 6.54 Å². The Hall–Kier alpha value is -1.67. The van der Waals surface area contributed by atoms with Gasteiger partial charge < -0.3 is 14.7 Å². The largest absolute Gasteiger partial charge is 0.472 e. The lowest BCUT2D eigenvalue weighted by Crippen LogP contribution is -2.35. The summed E-state index contributed by atoms with van der Waals surface area (Å²) in [5.74, 6) is 0. The lowest BCUT2D eigenvalue weighted by molar-refractivity contribution is 0.177. The van der Waals surface area contributed by atoms with Crippen LogP contribution in [0.25, 0.3) is 0 Å². The molecule has 8 heteroatoms. The Morgan fingerprint density at radius 2 is 2.44 bits per heavy atom. The fourth-order valence-electron chi connectivity index (χ4n) is 1.66. The van der Waals surface area contributed by atoms with Crippen molar-refractivity contribution in [3.8, 4) is 5.19 Å². The number of aliphatic hydroxyl groups is 1. The molecular weight excluding hydrogens is 256 g/mol. The van der Waals surface area contributed by atoms with Gasteiger partial charge in [0.25, 0.3) is 5.19 Å². The summed E-state index contributed by atoms with van der Waals surface area (Å²) in [6.07, 6.45) is 1.52. The van der Waals surface area contributed by atoms with E-state index in [9.17, 15) is 9.90 Å². The zero-order valence-electron chi connectivity index (χ0n) is 9.94. The smallest absolute Gasteiger partial charge is 0.328 e. The van der Waals surface area contributed by atoms with Crippen LogP contribution in [0.3, 0.4) is 0 Å². The molecule has 0 bridgehead atoms. The third kappa shape index (κ3) is 2.29. The summed E-state index contributed by atoms with van der Waals surface area (Å²) in [6.45, 7) is 4.40. The highest BCUT2D eigenvalue weighted by molar-refractivity contribution is 7.17. The molecule has 18 heavy (non-hydrogen) atoms. The van der Waals surface area contributed by atoms with E-state index in [0.717, 1.165) is 11.3 Å². The summed E-state index contributed by atoms with van der Waals surface area (Å²) in [4.78, 5) is 14.9. The molecule has 7 nitrogen and oxygen atoms in total. The highest BCUT2D eigenvalue weighted by Crippen LogP contribution is 2.30. The van der Waals surface area contributed by atoms with E-state index in [1.165, 1.54) is 12.0 Å². The second kappa shape index (κ2) is 5.32. The fourth-order valence-corrected chi connectivity index (χ4v) is 2.36. The molecule has 1 saturated heterocycles. The second-order valence-corrected chi connectivity index (χ2v) is 4.63. The number of hydrogen-bond donors (Lipinski definition) is 1. The van der Waals surface area contributed by atoms with Gasteiger partial charge in [-0.1, -0.05) is 11.2 Å². The van der Waals surface area contributed by atoms with Crippen LogP contribution in [0.4, 0.5) is 9.93 Å². The van der Waals surface area contributed by atoms with Crippen molar-refractivity contribution in [2.45, 2.75) is 12.6 Å². The van der Waals surface area contributed by atoms with Crippen LogP contribution in [-0.2, 0) is 0 Å². The van der Waals surface area contributed by atoms with E-state index >= 15 is 0 Å². The lowest BCUT2D eigenvalue weighted by atomic mass is 10.4. The van der Waals surface area contributed by atoms with Crippen molar-refractivity contribution in [2.24, 2.45) is 0 Å². The first-order valence-electron chi connectivity index (χ1n) is 5.42. The van der Waals surface area contributed by atoms with Crippen molar-refractivity contribution in [3.63, 3.8) is 0 Å². The molecule has 2 rings (SSSR count). The van der Waals surface area contributed by atoms with Gasteiger partial charge in [-0.15, -0.1) is 11.7 Å². The minimum absolute atomic E-state index is 0.259. The number of aromatic nitrogens is 2. The first kappa shape index (κ1) is 12.8. The molecule has 1 fully saturated rings. The minimum Gasteiger partial charge on any atom is -0.472 e. The van der Waals surface area contributed by atoms with Gasteiger partial charge in [-0.2, -0.15) is 0 Å². The van der Waals surface area contributed by atoms with Crippen molar-refractivity contribution < 1.29 is 14.6 Å². The molecule has 0 aromatic carbocycles. The quantitative estimate of drug-likeness (QED) is 0.796. The number of anilines is 1. The molecule has 1 atom stereocenters. The number of ether oxygens (including phenoxy) is 1. The van der Waals surface area contributed by atoms with Crippen LogP contribution < -0.4 is 9.64 Å². The van der Waals surface area contributed by atoms with E-state index in [1.807, 2.05) is 0 Å². The predicted octanol–water partition coefficient (Wildman–Crippen LogP) is 0.683. The van der Waals surface area contributed by atoms with Gasteiger partial charge in [0.15, 0.2) is 6.23 Å². The van der Waals surface area contributed by atoms with E-state index in [0.29, 0.717) is 23.3 Å². The fraction of sp³-hybridized carbons (Fsp3) is 0.500. The number of nitrogens with zero attached hydrogens (tertiary/aromatic N) is 4. The number of rotatable bonds is 5. The van der Waals surface area contributed by atoms with Crippen molar-refractivity contribution >= 4 is 22.5 Å². The van der Waals surface area contributed by atoms with Crippen LogP contribution in [0.15, 0.2) is 12.7 Å². The van der Waals surface area contributed by atoms with Gasteiger partial charge in [0.2, 0.25) is 5.13 Å². The van der Waals surface area contributed by atoms with Gasteiger partial charge in [0.1, 0.15) is 0 Å². The molecule has 1 aromatic rings. The zero-order chi connectivity index (χ0) is 13.1. The van der Waals surface area contributed by atoms with E-state index < -0.39 is 6.23 Å². The van der Waals surface area contributed by atoms with Crippen LogP contribution in [0.2, 0.25) is 0 Å². The number of β-amino-alcohol motifs (C(OH)–C–C–N with tert-alkyl or cyclic N) is 1. The number of methoxy groups -OCH3 is 1. The first-order chi connectivity index (χ1) is 8.67. The zero-order valence-corrected chi connectivity index (χ0v) is 10.8. The average molecular weight is 270 g/mol. The summed E-state index contributed by atoms with van der Waals surface area (Å²) in [7, 11) is 1.48. The SMILES string of the molecule is C=CCCN1CC(O)N(c2nnc(OC)s2)C1=O. The Labute approximate surface area is 108 Å². The summed E-state index contributed by atoms with van der Waals surface area (Å²) >= 11 is 1.12. The van der Waals surface area contributed by atoms with Gasteiger partial charge in [-0.3, -0.25) is 0 Å². The maximum atomic E-state index is 12.1. The van der Waals surface area contributed by atoms with Crippen LogP contribution in [-0.4, -0.2) is 52.7 Å². The number of aliphatic hydroxyl groups excluding tert-OH is 1. The third-order valence-corrected chi connectivity index (χ3v) is 3.42. The molecule has 1 aliphatic heterocycles. The van der Waals surface area contributed by atoms with Crippen molar-refractivity contribution in [1.82, 2.24) is 15.1 Å². The number of carbonyl (C=O) groups is 1. The molecule has 0 saturated carbocycles. The van der Waals surface area contributed by atoms with Crippen LogP contribution in [0, 0.1) is 0 Å². The predicted molar refractivity (Wildman–Crippen MR) is 66.7 cm³/mol. The first-order valence-corrected chi connectivity index (χ1v) is 6.23. The molecule has 1 unspecified atom stereocenters. The maximum absolute atomic E-state index is 12.1. The van der Waals surface area contributed by atoms with Crippen molar-refractivity contribution in [1.29, 1.82) is 0 Å². The Morgan fingerprint density at radius 3 is 3.06 bits per heavy atom. The molecule has 0 radical (unpaired) electrons. The highest BCUT2D eigenvalue weighted by Gasteiger charge is 2.38. The van der Waals surface area contributed by atoms with E-state index in [-0.39, 0.29) is 12.6 Å². The molecule has 1 N–H and O–H groups in total. The summed E-state index contributed by atoms with van der Waals surface area (Å²) < 4.78 is 4.92. The monoisotopic (exact) mass is 270 g/mol. The standard InChI is InChI=1S/C10H14N4O3S/c1-3-4-5-13-6-7(15)14(10(13)16)8-11-12-9(17-2)18-8/h3,7,15H,1,4-6H2,2H3. The number of hydrogen-bond acceptors (Lipinski definition) is 6. The van der Waals surface area contributed by atoms with Crippen LogP contribution >= 0.6 is 11.3 Å². The number of urea groups is 1. The summed E-state index contributed by atoms with van der Waals surface area (Å²) in [5, 5.41) is 18.2. The third-order valence-electron chi connectivity index (χ3n) is 2.54. The van der Waals surface area contributed by atoms with Crippen molar-refractivity contribution in [3.05, 3.63) is 12.7 Å². The maximum Gasteiger partial charge on any atom is 0.328 e. The topological polar surface area (TPSA) is 78.8 Å². The molecule has 0 spiro atoms. The van der Waals surface area contributed by atoms with Crippen molar-refractivity contribution in [2.75, 3.05) is 25.1 Å². The number of amides is 2. The molecule has 98 valence electrons. The molecule has 2 heterocycles. The Morgan fingerprint density at radius 1 is 1.67 bits per heavy atom. The van der Waals surface area contributed by atoms with E-state index in [2.05, 4.69) is 16.8 Å².